The number of aromatic nitrogens is 3. The van der Waals surface area contributed by atoms with Crippen LogP contribution in [0.3, 0.4) is 0 Å². The normalized spacial score (nSPS) is 23.7. The number of amides is 1. The van der Waals surface area contributed by atoms with Crippen LogP contribution in [-0.2, 0) is 17.6 Å². The van der Waals surface area contributed by atoms with E-state index in [1.807, 2.05) is 6.20 Å². The summed E-state index contributed by atoms with van der Waals surface area (Å²) in [7, 11) is 2.19. The third kappa shape index (κ3) is 3.23. The van der Waals surface area contributed by atoms with Gasteiger partial charge >= 0.3 is 0 Å². The van der Waals surface area contributed by atoms with Gasteiger partial charge in [-0.3, -0.25) is 4.79 Å². The quantitative estimate of drug-likeness (QED) is 0.685. The number of carbonyl (C=O) groups is 1. The zero-order valence-electron chi connectivity index (χ0n) is 18.1. The van der Waals surface area contributed by atoms with Gasteiger partial charge in [-0.05, 0) is 50.9 Å². The number of piperidine rings is 1. The van der Waals surface area contributed by atoms with Gasteiger partial charge in [0, 0.05) is 60.8 Å². The Bertz CT molecular complexity index is 1050. The molecule has 1 aromatic carbocycles. The highest BCUT2D eigenvalue weighted by Gasteiger charge is 2.41. The fourth-order valence-corrected chi connectivity index (χ4v) is 5.58. The van der Waals surface area contributed by atoms with Crippen LogP contribution in [0.1, 0.15) is 49.0 Å². The van der Waals surface area contributed by atoms with Gasteiger partial charge in [0.2, 0.25) is 5.91 Å². The second-order valence-electron chi connectivity index (χ2n) is 9.25. The smallest absolute Gasteiger partial charge is 0.224 e. The van der Waals surface area contributed by atoms with Crippen molar-refractivity contribution in [3.8, 4) is 0 Å². The lowest BCUT2D eigenvalue weighted by Crippen LogP contribution is -2.51. The van der Waals surface area contributed by atoms with E-state index >= 15 is 0 Å². The van der Waals surface area contributed by atoms with Gasteiger partial charge < -0.3 is 19.8 Å². The van der Waals surface area contributed by atoms with E-state index in [9.17, 15) is 4.79 Å². The summed E-state index contributed by atoms with van der Waals surface area (Å²) in [5.74, 6) is 0.609. The second-order valence-corrected chi connectivity index (χ2v) is 9.25. The summed E-state index contributed by atoms with van der Waals surface area (Å²) in [6.07, 6.45) is 8.68. The molecule has 0 saturated carbocycles. The Labute approximate surface area is 177 Å². The number of carbonyl (C=O) groups excluding carboxylic acids is 1. The summed E-state index contributed by atoms with van der Waals surface area (Å²) >= 11 is 0. The van der Waals surface area contributed by atoms with E-state index in [0.29, 0.717) is 24.5 Å². The van der Waals surface area contributed by atoms with Crippen LogP contribution in [0.15, 0.2) is 36.9 Å². The minimum Gasteiger partial charge on any atom is -0.355 e. The number of nitrogens with one attached hydrogen (secondary N) is 2. The van der Waals surface area contributed by atoms with Gasteiger partial charge in [-0.25, -0.2) is 4.98 Å². The number of imidazole rings is 1. The van der Waals surface area contributed by atoms with Crippen LogP contribution < -0.4 is 5.32 Å². The van der Waals surface area contributed by atoms with Crippen molar-refractivity contribution >= 4 is 16.8 Å². The van der Waals surface area contributed by atoms with Gasteiger partial charge in [-0.15, -0.1) is 0 Å². The number of rotatable bonds is 5. The molecule has 1 amide bonds. The summed E-state index contributed by atoms with van der Waals surface area (Å²) in [5, 5.41) is 4.58. The molecule has 2 aliphatic rings. The fourth-order valence-electron chi connectivity index (χ4n) is 5.58. The van der Waals surface area contributed by atoms with Crippen molar-refractivity contribution in [1.82, 2.24) is 24.8 Å². The first-order valence-electron chi connectivity index (χ1n) is 11.1. The van der Waals surface area contributed by atoms with Crippen molar-refractivity contribution < 1.29 is 4.79 Å². The Kier molecular flexibility index (Phi) is 4.89. The van der Waals surface area contributed by atoms with Gasteiger partial charge in [0.1, 0.15) is 0 Å². The maximum Gasteiger partial charge on any atom is 0.224 e. The predicted molar refractivity (Wildman–Crippen MR) is 119 cm³/mol. The van der Waals surface area contributed by atoms with Crippen molar-refractivity contribution in [1.29, 1.82) is 0 Å². The lowest BCUT2D eigenvalue weighted by Gasteiger charge is -2.45. The Morgan fingerprint density at radius 2 is 2.23 bits per heavy atom. The molecular formula is C24H31N5O. The highest BCUT2D eigenvalue weighted by Crippen LogP contribution is 2.45. The minimum absolute atomic E-state index is 0.0272. The number of hydrogen-bond donors (Lipinski definition) is 2. The molecule has 0 spiro atoms. The lowest BCUT2D eigenvalue weighted by atomic mass is 9.72. The zero-order valence-corrected chi connectivity index (χ0v) is 18.1. The molecule has 0 unspecified atom stereocenters. The van der Waals surface area contributed by atoms with Crippen molar-refractivity contribution in [2.45, 2.75) is 51.1 Å². The molecule has 30 heavy (non-hydrogen) atoms. The molecule has 3 heterocycles. The first kappa shape index (κ1) is 19.4. The highest BCUT2D eigenvalue weighted by atomic mass is 16.1. The van der Waals surface area contributed by atoms with Gasteiger partial charge in [0.15, 0.2) is 0 Å². The van der Waals surface area contributed by atoms with E-state index in [1.165, 1.54) is 22.0 Å². The van der Waals surface area contributed by atoms with Crippen molar-refractivity contribution in [2.24, 2.45) is 5.92 Å². The number of likely N-dealkylation sites (tertiary alicyclic amines) is 1. The van der Waals surface area contributed by atoms with Gasteiger partial charge in [-0.2, -0.15) is 0 Å². The number of aromatic amines is 1. The molecule has 1 saturated heterocycles. The number of H-pyrrole nitrogens is 1. The molecule has 3 atom stereocenters. The van der Waals surface area contributed by atoms with Crippen molar-refractivity contribution in [2.75, 3.05) is 20.1 Å². The van der Waals surface area contributed by atoms with Crippen molar-refractivity contribution in [3.63, 3.8) is 0 Å². The fraction of sp³-hybridized carbons (Fsp3) is 0.500. The molecular weight excluding hydrogens is 374 g/mol. The van der Waals surface area contributed by atoms with Gasteiger partial charge in [-0.1, -0.05) is 12.1 Å². The van der Waals surface area contributed by atoms with Crippen LogP contribution in [0, 0.1) is 5.92 Å². The summed E-state index contributed by atoms with van der Waals surface area (Å²) in [5.41, 5.74) is 5.21. The molecule has 1 aliphatic heterocycles. The van der Waals surface area contributed by atoms with E-state index in [4.69, 9.17) is 0 Å². The number of benzene rings is 1. The van der Waals surface area contributed by atoms with Crippen LogP contribution >= 0.6 is 0 Å². The molecule has 2 aromatic heterocycles. The van der Waals surface area contributed by atoms with E-state index in [2.05, 4.69) is 70.0 Å². The highest BCUT2D eigenvalue weighted by molar-refractivity contribution is 5.89. The number of nitrogens with zero attached hydrogens (tertiary/aromatic N) is 3. The number of hydrogen-bond acceptors (Lipinski definition) is 3. The molecule has 1 fully saturated rings. The third-order valence-corrected chi connectivity index (χ3v) is 7.04. The van der Waals surface area contributed by atoms with E-state index in [0.717, 1.165) is 31.5 Å². The number of fused-ring (bicyclic) bond motifs is 2. The van der Waals surface area contributed by atoms with Crippen LogP contribution in [0.2, 0.25) is 0 Å². The first-order valence-corrected chi connectivity index (χ1v) is 11.1. The zero-order chi connectivity index (χ0) is 20.8. The lowest BCUT2D eigenvalue weighted by molar-refractivity contribution is -0.127. The van der Waals surface area contributed by atoms with Crippen LogP contribution in [0.25, 0.3) is 10.9 Å². The summed E-state index contributed by atoms with van der Waals surface area (Å²) in [4.78, 5) is 22.6. The van der Waals surface area contributed by atoms with Gasteiger partial charge in [0.25, 0.3) is 0 Å². The second kappa shape index (κ2) is 7.58. The topological polar surface area (TPSA) is 66.0 Å². The third-order valence-electron chi connectivity index (χ3n) is 7.04. The van der Waals surface area contributed by atoms with E-state index in [1.54, 1.807) is 6.33 Å². The standard InChI is InChI=1S/C24H31N5O/c1-15(2)29-13-16-10-22-20(19-5-4-6-21(29)23(16)19)9-17(12-28(22)3)24(30)26-8-7-18-11-25-14-27-18/h4-6,11,13-15,17,20,22H,7-10,12H2,1-3H3,(H,25,27)(H,26,30)/t17-,20-,22-/m1/s1. The molecule has 2 N–H and O–H groups in total. The van der Waals surface area contributed by atoms with Crippen LogP contribution in [0.5, 0.6) is 0 Å². The first-order chi connectivity index (χ1) is 14.5. The maximum atomic E-state index is 13.0. The average Bonchev–Trinajstić information content (AvgIpc) is 3.37. The average molecular weight is 406 g/mol. The summed E-state index contributed by atoms with van der Waals surface area (Å²) in [6.45, 7) is 5.95. The number of likely N-dealkylation sites (N-methyl/N-ethyl adjacent to an activating group) is 1. The Morgan fingerprint density at radius 3 is 3.00 bits per heavy atom. The van der Waals surface area contributed by atoms with E-state index in [-0.39, 0.29) is 11.8 Å². The summed E-state index contributed by atoms with van der Waals surface area (Å²) in [6, 6.07) is 7.64. The van der Waals surface area contributed by atoms with E-state index < -0.39 is 0 Å². The van der Waals surface area contributed by atoms with Gasteiger partial charge in [0.05, 0.1) is 17.9 Å². The molecule has 6 nitrogen and oxygen atoms in total. The molecule has 0 bridgehead atoms. The molecule has 158 valence electrons. The minimum atomic E-state index is 0.0272. The molecule has 1 aliphatic carbocycles. The Hall–Kier alpha value is -2.60. The molecule has 5 rings (SSSR count). The largest absolute Gasteiger partial charge is 0.355 e. The summed E-state index contributed by atoms with van der Waals surface area (Å²) < 4.78 is 2.41. The molecule has 3 aromatic rings. The molecule has 0 radical (unpaired) electrons. The maximum absolute atomic E-state index is 13.0. The van der Waals surface area contributed by atoms with Crippen molar-refractivity contribution in [3.05, 3.63) is 53.7 Å². The Morgan fingerprint density at radius 1 is 1.37 bits per heavy atom. The predicted octanol–water partition coefficient (Wildman–Crippen LogP) is 3.26. The molecule has 6 heteroatoms. The SMILES string of the molecule is CC(C)n1cc2c3c(cccc31)[C@H]1C[C@@H](C(=O)NCCc3c[nH]cn3)CN(C)[C@@H]1C2. The monoisotopic (exact) mass is 405 g/mol. The van der Waals surface area contributed by atoms with Crippen LogP contribution in [-0.4, -0.2) is 51.5 Å². The van der Waals surface area contributed by atoms with Crippen LogP contribution in [0.4, 0.5) is 0 Å². The Balaban J connectivity index is 1.37.